The molecule has 0 aromatic heterocycles. The van der Waals surface area contributed by atoms with Gasteiger partial charge in [0.2, 0.25) is 5.91 Å². The molecule has 0 unspecified atom stereocenters. The summed E-state index contributed by atoms with van der Waals surface area (Å²) in [5, 5.41) is 2.72. The molecule has 4 amide bonds. The summed E-state index contributed by atoms with van der Waals surface area (Å²) in [4.78, 5) is 52.7. The summed E-state index contributed by atoms with van der Waals surface area (Å²) in [5.74, 6) is -0.927. The van der Waals surface area contributed by atoms with E-state index in [-0.39, 0.29) is 18.4 Å². The van der Waals surface area contributed by atoms with E-state index >= 15 is 0 Å². The van der Waals surface area contributed by atoms with Gasteiger partial charge in [-0.15, -0.1) is 0 Å². The fourth-order valence-electron chi connectivity index (χ4n) is 3.59. The predicted molar refractivity (Wildman–Crippen MR) is 123 cm³/mol. The van der Waals surface area contributed by atoms with E-state index in [0.717, 1.165) is 4.90 Å². The predicted octanol–water partition coefficient (Wildman–Crippen LogP) is 3.21. The Morgan fingerprint density at radius 1 is 0.909 bits per heavy atom. The van der Waals surface area contributed by atoms with Crippen LogP contribution in [0, 0.1) is 0 Å². The lowest BCUT2D eigenvalue weighted by molar-refractivity contribution is -0.116. The molecular formula is C25H21N3O5. The minimum Gasteiger partial charge on any atom is -0.497 e. The number of ether oxygens (including phenoxy) is 1. The number of carbonyl (C=O) groups excluding carboxylic acids is 4. The number of likely N-dealkylation sites (N-methyl/N-ethyl adjacent to an activating group) is 1. The number of hydrogen-bond donors (Lipinski definition) is 1. The van der Waals surface area contributed by atoms with E-state index in [4.69, 9.17) is 4.74 Å². The number of hydrogen-bond acceptors (Lipinski definition) is 5. The van der Waals surface area contributed by atoms with Crippen molar-refractivity contribution in [2.45, 2.75) is 0 Å². The number of imide groups is 1. The molecule has 3 aromatic rings. The fourth-order valence-corrected chi connectivity index (χ4v) is 3.59. The minimum absolute atomic E-state index is 0.157. The largest absolute Gasteiger partial charge is 0.497 e. The first kappa shape index (κ1) is 21.8. The van der Waals surface area contributed by atoms with Crippen molar-refractivity contribution in [2.24, 2.45) is 0 Å². The number of rotatable bonds is 6. The van der Waals surface area contributed by atoms with Gasteiger partial charge in [-0.25, -0.2) is 4.90 Å². The van der Waals surface area contributed by atoms with Crippen LogP contribution in [0.5, 0.6) is 5.75 Å². The van der Waals surface area contributed by atoms with Gasteiger partial charge in [0, 0.05) is 24.4 Å². The van der Waals surface area contributed by atoms with Crippen LogP contribution in [0.25, 0.3) is 0 Å². The average molecular weight is 443 g/mol. The Morgan fingerprint density at radius 3 is 2.15 bits per heavy atom. The van der Waals surface area contributed by atoms with Crippen molar-refractivity contribution in [2.75, 3.05) is 30.9 Å². The van der Waals surface area contributed by atoms with Gasteiger partial charge in [0.25, 0.3) is 17.7 Å². The summed E-state index contributed by atoms with van der Waals surface area (Å²) < 4.78 is 5.13. The number of anilines is 2. The summed E-state index contributed by atoms with van der Waals surface area (Å²) in [7, 11) is 3.05. The van der Waals surface area contributed by atoms with Crippen LogP contribution in [0.2, 0.25) is 0 Å². The monoisotopic (exact) mass is 443 g/mol. The van der Waals surface area contributed by atoms with Crippen LogP contribution in [0.3, 0.4) is 0 Å². The lowest BCUT2D eigenvalue weighted by Gasteiger charge is -2.18. The second-order valence-electron chi connectivity index (χ2n) is 7.48. The number of methoxy groups -OCH3 is 1. The van der Waals surface area contributed by atoms with Crippen molar-refractivity contribution >= 4 is 35.0 Å². The van der Waals surface area contributed by atoms with Crippen molar-refractivity contribution in [1.82, 2.24) is 4.90 Å². The van der Waals surface area contributed by atoms with Crippen LogP contribution in [0.4, 0.5) is 11.4 Å². The zero-order valence-corrected chi connectivity index (χ0v) is 18.1. The molecule has 1 aliphatic rings. The average Bonchev–Trinajstić information content (AvgIpc) is 3.08. The number of amides is 4. The van der Waals surface area contributed by atoms with Crippen LogP contribution >= 0.6 is 0 Å². The van der Waals surface area contributed by atoms with E-state index in [1.54, 1.807) is 60.7 Å². The van der Waals surface area contributed by atoms with E-state index in [1.807, 2.05) is 0 Å². The fraction of sp³-hybridized carbons (Fsp3) is 0.120. The first-order valence-corrected chi connectivity index (χ1v) is 10.2. The second kappa shape index (κ2) is 8.96. The van der Waals surface area contributed by atoms with Crippen LogP contribution in [-0.2, 0) is 4.79 Å². The quantitative estimate of drug-likeness (QED) is 0.591. The van der Waals surface area contributed by atoms with Crippen molar-refractivity contribution in [3.8, 4) is 5.75 Å². The van der Waals surface area contributed by atoms with Gasteiger partial charge in [0.15, 0.2) is 0 Å². The molecule has 3 aromatic carbocycles. The minimum atomic E-state index is -0.402. The topological polar surface area (TPSA) is 96.0 Å². The van der Waals surface area contributed by atoms with Gasteiger partial charge in [0.05, 0.1) is 30.5 Å². The maximum absolute atomic E-state index is 12.8. The maximum atomic E-state index is 12.8. The third-order valence-electron chi connectivity index (χ3n) is 5.25. The smallest absolute Gasteiger partial charge is 0.266 e. The van der Waals surface area contributed by atoms with Crippen molar-refractivity contribution in [1.29, 1.82) is 0 Å². The van der Waals surface area contributed by atoms with Crippen LogP contribution < -0.4 is 15.0 Å². The third kappa shape index (κ3) is 4.31. The summed E-state index contributed by atoms with van der Waals surface area (Å²) in [6, 6.07) is 19.7. The maximum Gasteiger partial charge on any atom is 0.266 e. The number of nitrogens with zero attached hydrogens (tertiary/aromatic N) is 2. The summed E-state index contributed by atoms with van der Waals surface area (Å²) in [6.45, 7) is -0.157. The molecule has 0 fully saturated rings. The lowest BCUT2D eigenvalue weighted by Crippen LogP contribution is -2.35. The molecule has 0 aliphatic carbocycles. The van der Waals surface area contributed by atoms with Crippen LogP contribution in [0.1, 0.15) is 31.1 Å². The summed E-state index contributed by atoms with van der Waals surface area (Å²) in [6.07, 6.45) is 0. The molecule has 0 saturated carbocycles. The Morgan fingerprint density at radius 2 is 1.55 bits per heavy atom. The Bertz CT molecular complexity index is 1220. The molecule has 166 valence electrons. The summed E-state index contributed by atoms with van der Waals surface area (Å²) >= 11 is 0. The van der Waals surface area contributed by atoms with E-state index < -0.39 is 11.8 Å². The second-order valence-corrected chi connectivity index (χ2v) is 7.48. The Labute approximate surface area is 190 Å². The Kier molecular flexibility index (Phi) is 5.91. The Hall–Kier alpha value is -4.46. The first-order chi connectivity index (χ1) is 15.9. The highest BCUT2D eigenvalue weighted by Crippen LogP contribution is 2.28. The molecule has 0 saturated heterocycles. The van der Waals surface area contributed by atoms with Gasteiger partial charge < -0.3 is 15.0 Å². The van der Waals surface area contributed by atoms with Crippen LogP contribution in [0.15, 0.2) is 72.8 Å². The number of nitrogens with one attached hydrogen (secondary N) is 1. The van der Waals surface area contributed by atoms with Gasteiger partial charge in [-0.05, 0) is 48.5 Å². The standard InChI is InChI=1S/C25H21N3O5/c1-27(15-22(29)26-17-6-5-7-19(14-17)33-2)23(30)16-10-12-18(13-11-16)28-24(31)20-8-3-4-9-21(20)25(28)32/h3-14H,15H2,1-2H3,(H,26,29). The van der Waals surface area contributed by atoms with E-state index in [9.17, 15) is 19.2 Å². The molecular weight excluding hydrogens is 422 g/mol. The van der Waals surface area contributed by atoms with Crippen molar-refractivity contribution < 1.29 is 23.9 Å². The normalized spacial score (nSPS) is 12.4. The van der Waals surface area contributed by atoms with Gasteiger partial charge in [-0.1, -0.05) is 18.2 Å². The van der Waals surface area contributed by atoms with Crippen LogP contribution in [-0.4, -0.2) is 49.2 Å². The molecule has 1 aliphatic heterocycles. The molecule has 0 radical (unpaired) electrons. The molecule has 0 spiro atoms. The van der Waals surface area contributed by atoms with E-state index in [0.29, 0.717) is 33.8 Å². The van der Waals surface area contributed by atoms with E-state index in [1.165, 1.54) is 31.2 Å². The molecule has 4 rings (SSSR count). The van der Waals surface area contributed by atoms with E-state index in [2.05, 4.69) is 5.32 Å². The molecule has 33 heavy (non-hydrogen) atoms. The zero-order valence-electron chi connectivity index (χ0n) is 18.1. The lowest BCUT2D eigenvalue weighted by atomic mass is 10.1. The number of fused-ring (bicyclic) bond motifs is 1. The van der Waals surface area contributed by atoms with Gasteiger partial charge in [-0.2, -0.15) is 0 Å². The highest BCUT2D eigenvalue weighted by atomic mass is 16.5. The molecule has 8 nitrogen and oxygen atoms in total. The summed E-state index contributed by atoms with van der Waals surface area (Å²) in [5.41, 5.74) is 1.96. The van der Waals surface area contributed by atoms with Crippen molar-refractivity contribution in [3.63, 3.8) is 0 Å². The molecule has 1 N–H and O–H groups in total. The van der Waals surface area contributed by atoms with Crippen molar-refractivity contribution in [3.05, 3.63) is 89.5 Å². The number of benzene rings is 3. The third-order valence-corrected chi connectivity index (χ3v) is 5.25. The first-order valence-electron chi connectivity index (χ1n) is 10.2. The molecule has 0 bridgehead atoms. The molecule has 0 atom stereocenters. The van der Waals surface area contributed by atoms with Gasteiger partial charge >= 0.3 is 0 Å². The zero-order chi connectivity index (χ0) is 23.5. The SMILES string of the molecule is COc1cccc(NC(=O)CN(C)C(=O)c2ccc(N3C(=O)c4ccccc4C3=O)cc2)c1. The molecule has 8 heteroatoms. The highest BCUT2D eigenvalue weighted by molar-refractivity contribution is 6.34. The number of carbonyl (C=O) groups is 4. The van der Waals surface area contributed by atoms with Gasteiger partial charge in [-0.3, -0.25) is 19.2 Å². The Balaban J connectivity index is 1.41. The van der Waals surface area contributed by atoms with Gasteiger partial charge in [0.1, 0.15) is 5.75 Å². The highest BCUT2D eigenvalue weighted by Gasteiger charge is 2.36. The molecule has 1 heterocycles.